The molecule has 0 aliphatic rings. The number of halogens is 1. The molecule has 2 unspecified atom stereocenters. The molecule has 0 aliphatic heterocycles. The van der Waals surface area contributed by atoms with Gasteiger partial charge >= 0.3 is 0 Å². The van der Waals surface area contributed by atoms with Crippen LogP contribution in [0.4, 0.5) is 0 Å². The van der Waals surface area contributed by atoms with Crippen LogP contribution in [0.3, 0.4) is 0 Å². The van der Waals surface area contributed by atoms with E-state index in [0.29, 0.717) is 10.2 Å². The standard InChI is InChI=1S/C16H15ClN2OS/c1-10(18)15(11-6-8-12(17)9-7-11)21-16-19-13-4-2-3-5-14(13)20-16/h2-10,15H,18H2,1H3. The number of hydrogen-bond acceptors (Lipinski definition) is 4. The van der Waals surface area contributed by atoms with Gasteiger partial charge in [0.25, 0.3) is 5.22 Å². The van der Waals surface area contributed by atoms with Gasteiger partial charge in [0.05, 0.1) is 5.25 Å². The maximum Gasteiger partial charge on any atom is 0.257 e. The van der Waals surface area contributed by atoms with Crippen LogP contribution in [-0.2, 0) is 0 Å². The van der Waals surface area contributed by atoms with Gasteiger partial charge in [-0.2, -0.15) is 0 Å². The topological polar surface area (TPSA) is 52.0 Å². The molecule has 0 aliphatic carbocycles. The Morgan fingerprint density at radius 3 is 2.52 bits per heavy atom. The van der Waals surface area contributed by atoms with Crippen LogP contribution >= 0.6 is 23.4 Å². The first-order valence-electron chi connectivity index (χ1n) is 6.67. The van der Waals surface area contributed by atoms with Crippen LogP contribution in [0.1, 0.15) is 17.7 Å². The highest BCUT2D eigenvalue weighted by atomic mass is 35.5. The monoisotopic (exact) mass is 318 g/mol. The molecule has 5 heteroatoms. The minimum atomic E-state index is -0.0359. The molecule has 3 nitrogen and oxygen atoms in total. The summed E-state index contributed by atoms with van der Waals surface area (Å²) in [5.41, 5.74) is 8.89. The van der Waals surface area contributed by atoms with Gasteiger partial charge in [0, 0.05) is 11.1 Å². The third-order valence-corrected chi connectivity index (χ3v) is 4.76. The van der Waals surface area contributed by atoms with E-state index in [-0.39, 0.29) is 11.3 Å². The molecule has 0 spiro atoms. The highest BCUT2D eigenvalue weighted by Crippen LogP contribution is 2.38. The molecular formula is C16H15ClN2OS. The summed E-state index contributed by atoms with van der Waals surface area (Å²) in [6, 6.07) is 15.4. The third kappa shape index (κ3) is 3.23. The fourth-order valence-electron chi connectivity index (χ4n) is 2.14. The van der Waals surface area contributed by atoms with E-state index in [0.717, 1.165) is 16.7 Å². The summed E-state index contributed by atoms with van der Waals surface area (Å²) in [6.07, 6.45) is 0. The lowest BCUT2D eigenvalue weighted by Crippen LogP contribution is -2.22. The molecule has 1 heterocycles. The highest BCUT2D eigenvalue weighted by Gasteiger charge is 2.20. The van der Waals surface area contributed by atoms with Crippen molar-refractivity contribution in [3.8, 4) is 0 Å². The summed E-state index contributed by atoms with van der Waals surface area (Å²) < 4.78 is 5.76. The van der Waals surface area contributed by atoms with Crippen molar-refractivity contribution in [2.45, 2.75) is 23.4 Å². The predicted molar refractivity (Wildman–Crippen MR) is 87.7 cm³/mol. The number of nitrogens with zero attached hydrogens (tertiary/aromatic N) is 1. The third-order valence-electron chi connectivity index (χ3n) is 3.18. The predicted octanol–water partition coefficient (Wildman–Crippen LogP) is 4.66. The van der Waals surface area contributed by atoms with Crippen LogP contribution in [0.2, 0.25) is 5.02 Å². The van der Waals surface area contributed by atoms with Crippen molar-refractivity contribution in [2.24, 2.45) is 5.73 Å². The molecule has 3 rings (SSSR count). The second kappa shape index (κ2) is 6.10. The summed E-state index contributed by atoms with van der Waals surface area (Å²) in [7, 11) is 0. The van der Waals surface area contributed by atoms with Gasteiger partial charge in [-0.25, -0.2) is 4.98 Å². The summed E-state index contributed by atoms with van der Waals surface area (Å²) in [5, 5.41) is 1.41. The molecule has 108 valence electrons. The van der Waals surface area contributed by atoms with Crippen molar-refractivity contribution in [2.75, 3.05) is 0 Å². The van der Waals surface area contributed by atoms with Crippen LogP contribution in [0.5, 0.6) is 0 Å². The van der Waals surface area contributed by atoms with E-state index in [1.54, 1.807) is 0 Å². The number of oxazole rings is 1. The molecule has 21 heavy (non-hydrogen) atoms. The van der Waals surface area contributed by atoms with Crippen molar-refractivity contribution in [1.29, 1.82) is 0 Å². The van der Waals surface area contributed by atoms with E-state index in [4.69, 9.17) is 21.8 Å². The lowest BCUT2D eigenvalue weighted by atomic mass is 10.1. The zero-order valence-corrected chi connectivity index (χ0v) is 13.1. The molecule has 0 fully saturated rings. The number of nitrogens with two attached hydrogens (primary N) is 1. The van der Waals surface area contributed by atoms with Crippen molar-refractivity contribution < 1.29 is 4.42 Å². The van der Waals surface area contributed by atoms with Crippen molar-refractivity contribution >= 4 is 34.5 Å². The molecule has 0 saturated heterocycles. The molecule has 2 N–H and O–H groups in total. The summed E-state index contributed by atoms with van der Waals surface area (Å²) in [4.78, 5) is 4.49. The zero-order valence-electron chi connectivity index (χ0n) is 11.5. The number of thioether (sulfide) groups is 1. The largest absolute Gasteiger partial charge is 0.431 e. The Balaban J connectivity index is 1.89. The second-order valence-corrected chi connectivity index (χ2v) is 6.43. The van der Waals surface area contributed by atoms with Crippen molar-refractivity contribution in [3.05, 3.63) is 59.1 Å². The van der Waals surface area contributed by atoms with Gasteiger partial charge in [0.1, 0.15) is 5.52 Å². The van der Waals surface area contributed by atoms with E-state index in [1.807, 2.05) is 55.5 Å². The smallest absolute Gasteiger partial charge is 0.257 e. The maximum absolute atomic E-state index is 6.13. The second-order valence-electron chi connectivity index (χ2n) is 4.90. The van der Waals surface area contributed by atoms with Crippen LogP contribution < -0.4 is 5.73 Å². The fourth-order valence-corrected chi connectivity index (χ4v) is 3.28. The van der Waals surface area contributed by atoms with Crippen molar-refractivity contribution in [3.63, 3.8) is 0 Å². The average molecular weight is 319 g/mol. The van der Waals surface area contributed by atoms with Gasteiger partial charge in [-0.15, -0.1) is 0 Å². The van der Waals surface area contributed by atoms with Gasteiger partial charge in [-0.3, -0.25) is 0 Å². The summed E-state index contributed by atoms with van der Waals surface area (Å²) in [6.45, 7) is 1.98. The quantitative estimate of drug-likeness (QED) is 0.711. The molecule has 2 atom stereocenters. The van der Waals surface area contributed by atoms with Gasteiger partial charge in [0.2, 0.25) is 0 Å². The minimum Gasteiger partial charge on any atom is -0.431 e. The molecular weight excluding hydrogens is 304 g/mol. The Hall–Kier alpha value is -1.49. The zero-order chi connectivity index (χ0) is 14.8. The van der Waals surface area contributed by atoms with Gasteiger partial charge in [-0.1, -0.05) is 47.6 Å². The van der Waals surface area contributed by atoms with E-state index < -0.39 is 0 Å². The number of rotatable bonds is 4. The maximum atomic E-state index is 6.13. The number of benzene rings is 2. The highest BCUT2D eigenvalue weighted by molar-refractivity contribution is 7.99. The minimum absolute atomic E-state index is 0.0359. The number of hydrogen-bond donors (Lipinski definition) is 1. The molecule has 0 radical (unpaired) electrons. The first-order valence-corrected chi connectivity index (χ1v) is 7.92. The SMILES string of the molecule is CC(N)C(Sc1nc2ccccc2o1)c1ccc(Cl)cc1. The Morgan fingerprint density at radius 1 is 1.14 bits per heavy atom. The molecule has 2 aromatic carbocycles. The molecule has 0 bridgehead atoms. The number of aromatic nitrogens is 1. The van der Waals surface area contributed by atoms with E-state index in [9.17, 15) is 0 Å². The summed E-state index contributed by atoms with van der Waals surface area (Å²) >= 11 is 7.48. The Morgan fingerprint density at radius 2 is 1.86 bits per heavy atom. The lowest BCUT2D eigenvalue weighted by molar-refractivity contribution is 0.487. The molecule has 1 aromatic heterocycles. The summed E-state index contributed by atoms with van der Waals surface area (Å²) in [5.74, 6) is 0. The number of fused-ring (bicyclic) bond motifs is 1. The van der Waals surface area contributed by atoms with Gasteiger partial charge in [0.15, 0.2) is 5.58 Å². The number of para-hydroxylation sites is 2. The van der Waals surface area contributed by atoms with E-state index >= 15 is 0 Å². The normalized spacial score (nSPS) is 14.2. The Labute approximate surface area is 132 Å². The lowest BCUT2D eigenvalue weighted by Gasteiger charge is -2.18. The van der Waals surface area contributed by atoms with E-state index in [1.165, 1.54) is 11.8 Å². The van der Waals surface area contributed by atoms with Gasteiger partial charge < -0.3 is 10.2 Å². The van der Waals surface area contributed by atoms with Gasteiger partial charge in [-0.05, 0) is 36.8 Å². The Bertz CT molecular complexity index is 706. The van der Waals surface area contributed by atoms with Crippen LogP contribution in [0, 0.1) is 0 Å². The fraction of sp³-hybridized carbons (Fsp3) is 0.188. The van der Waals surface area contributed by atoms with Crippen LogP contribution in [-0.4, -0.2) is 11.0 Å². The van der Waals surface area contributed by atoms with Crippen molar-refractivity contribution in [1.82, 2.24) is 4.98 Å². The first-order chi connectivity index (χ1) is 10.1. The molecule has 3 aromatic rings. The van der Waals surface area contributed by atoms with E-state index in [2.05, 4.69) is 4.98 Å². The molecule has 0 saturated carbocycles. The molecule has 0 amide bonds. The van der Waals surface area contributed by atoms with Crippen LogP contribution in [0.15, 0.2) is 58.2 Å². The first kappa shape index (κ1) is 14.4. The Kier molecular flexibility index (Phi) is 4.19. The van der Waals surface area contributed by atoms with Crippen LogP contribution in [0.25, 0.3) is 11.1 Å². The average Bonchev–Trinajstić information content (AvgIpc) is 2.88.